The molecule has 2 nitrogen and oxygen atoms in total. The second-order valence-corrected chi connectivity index (χ2v) is 5.67. The van der Waals surface area contributed by atoms with Crippen molar-refractivity contribution in [1.82, 2.24) is 4.98 Å². The van der Waals surface area contributed by atoms with E-state index in [1.807, 2.05) is 18.2 Å². The molecule has 3 heteroatoms. The summed E-state index contributed by atoms with van der Waals surface area (Å²) in [6.45, 7) is 0. The van der Waals surface area contributed by atoms with E-state index in [0.29, 0.717) is 0 Å². The Kier molecular flexibility index (Phi) is 4.90. The fourth-order valence-corrected chi connectivity index (χ4v) is 2.90. The van der Waals surface area contributed by atoms with Gasteiger partial charge < -0.3 is 24.0 Å². The minimum atomic E-state index is 0. The van der Waals surface area contributed by atoms with Crippen molar-refractivity contribution in [3.63, 3.8) is 0 Å². The molecule has 4 rings (SSSR count). The number of para-hydroxylation sites is 2. The summed E-state index contributed by atoms with van der Waals surface area (Å²) in [6.07, 6.45) is 2.09. The van der Waals surface area contributed by atoms with Gasteiger partial charge in [-0.2, -0.15) is 4.57 Å². The first kappa shape index (κ1) is 16.6. The van der Waals surface area contributed by atoms with Crippen molar-refractivity contribution >= 4 is 11.0 Å². The molecule has 24 heavy (non-hydrogen) atoms. The molecule has 0 fully saturated rings. The van der Waals surface area contributed by atoms with Crippen molar-refractivity contribution < 1.29 is 28.5 Å². The van der Waals surface area contributed by atoms with Gasteiger partial charge in [-0.1, -0.05) is 60.7 Å². The standard InChI is InChI=1S/C21H17N2.HI/c1-23-15-20(22-19-12-5-6-13-21(19)23)18-11-7-10-17(14-18)16-8-3-2-4-9-16;/h2-15H,1H3;1H/q+1;/p-1. The number of benzene rings is 3. The van der Waals surface area contributed by atoms with Crippen LogP contribution in [0.1, 0.15) is 0 Å². The highest BCUT2D eigenvalue weighted by molar-refractivity contribution is 5.76. The first-order valence-corrected chi connectivity index (χ1v) is 7.72. The van der Waals surface area contributed by atoms with E-state index in [9.17, 15) is 0 Å². The van der Waals surface area contributed by atoms with E-state index in [0.717, 1.165) is 22.3 Å². The second-order valence-electron chi connectivity index (χ2n) is 5.67. The van der Waals surface area contributed by atoms with Gasteiger partial charge in [0, 0.05) is 11.6 Å². The van der Waals surface area contributed by atoms with Gasteiger partial charge in [0.15, 0.2) is 6.20 Å². The molecule has 4 aromatic rings. The van der Waals surface area contributed by atoms with E-state index in [2.05, 4.69) is 78.5 Å². The summed E-state index contributed by atoms with van der Waals surface area (Å²) in [4.78, 5) is 4.82. The molecule has 3 aromatic carbocycles. The normalized spacial score (nSPS) is 10.4. The highest BCUT2D eigenvalue weighted by Gasteiger charge is 2.11. The van der Waals surface area contributed by atoms with Crippen molar-refractivity contribution in [3.05, 3.63) is 85.1 Å². The van der Waals surface area contributed by atoms with Crippen molar-refractivity contribution in [3.8, 4) is 22.4 Å². The zero-order valence-corrected chi connectivity index (χ0v) is 15.5. The van der Waals surface area contributed by atoms with Gasteiger partial charge >= 0.3 is 0 Å². The van der Waals surface area contributed by atoms with E-state index in [1.54, 1.807) is 0 Å². The number of hydrogen-bond donors (Lipinski definition) is 0. The molecule has 0 saturated carbocycles. The molecule has 1 aromatic heterocycles. The molecule has 0 aliphatic heterocycles. The smallest absolute Gasteiger partial charge is 0.230 e. The molecule has 0 aliphatic carbocycles. The zero-order chi connectivity index (χ0) is 15.6. The van der Waals surface area contributed by atoms with E-state index < -0.39 is 0 Å². The lowest BCUT2D eigenvalue weighted by atomic mass is 10.0. The van der Waals surface area contributed by atoms with Crippen molar-refractivity contribution in [1.29, 1.82) is 0 Å². The molecule has 0 amide bonds. The van der Waals surface area contributed by atoms with Crippen LogP contribution in [0, 0.1) is 0 Å². The Labute approximate surface area is 158 Å². The monoisotopic (exact) mass is 424 g/mol. The molecule has 1 heterocycles. The van der Waals surface area contributed by atoms with E-state index >= 15 is 0 Å². The van der Waals surface area contributed by atoms with Gasteiger partial charge in [-0.25, -0.2) is 4.98 Å². The lowest BCUT2D eigenvalue weighted by Crippen LogP contribution is -3.00. The maximum absolute atomic E-state index is 4.82. The van der Waals surface area contributed by atoms with Gasteiger partial charge in [0.2, 0.25) is 5.52 Å². The molecule has 0 N–H and O–H groups in total. The number of halogens is 1. The van der Waals surface area contributed by atoms with Crippen LogP contribution in [0.2, 0.25) is 0 Å². The number of hydrogen-bond acceptors (Lipinski definition) is 1. The average Bonchev–Trinajstić information content (AvgIpc) is 2.62. The van der Waals surface area contributed by atoms with Crippen LogP contribution in [-0.2, 0) is 7.05 Å². The zero-order valence-electron chi connectivity index (χ0n) is 13.4. The van der Waals surface area contributed by atoms with Gasteiger partial charge in [-0.05, 0) is 23.3 Å². The molecule has 118 valence electrons. The summed E-state index contributed by atoms with van der Waals surface area (Å²) < 4.78 is 2.13. The molecular formula is C21H17IN2. The summed E-state index contributed by atoms with van der Waals surface area (Å²) in [5.41, 5.74) is 6.70. The third-order valence-electron chi connectivity index (χ3n) is 4.08. The van der Waals surface area contributed by atoms with Gasteiger partial charge in [-0.15, -0.1) is 0 Å². The first-order valence-electron chi connectivity index (χ1n) is 7.72. The highest BCUT2D eigenvalue weighted by Crippen LogP contribution is 2.25. The van der Waals surface area contributed by atoms with Crippen LogP contribution in [0.15, 0.2) is 85.1 Å². The van der Waals surface area contributed by atoms with E-state index in [-0.39, 0.29) is 24.0 Å². The molecule has 0 radical (unpaired) electrons. The molecule has 0 bridgehead atoms. The maximum Gasteiger partial charge on any atom is 0.230 e. The lowest BCUT2D eigenvalue weighted by Gasteiger charge is -2.06. The fourth-order valence-electron chi connectivity index (χ4n) is 2.90. The SMILES string of the molecule is C[n+]1cc(-c2cccc(-c3ccccc3)c2)nc2ccccc21.[I-]. The van der Waals surface area contributed by atoms with Gasteiger partial charge in [0.1, 0.15) is 18.3 Å². The fraction of sp³-hybridized carbons (Fsp3) is 0.0476. The summed E-state index contributed by atoms with van der Waals surface area (Å²) in [7, 11) is 2.06. The van der Waals surface area contributed by atoms with Gasteiger partial charge in [0.05, 0.1) is 0 Å². The maximum atomic E-state index is 4.82. The third kappa shape index (κ3) is 3.17. The summed E-state index contributed by atoms with van der Waals surface area (Å²) >= 11 is 0. The van der Waals surface area contributed by atoms with E-state index in [4.69, 9.17) is 4.98 Å². The number of fused-ring (bicyclic) bond motifs is 1. The first-order chi connectivity index (χ1) is 11.3. The van der Waals surface area contributed by atoms with Crippen LogP contribution in [0.5, 0.6) is 0 Å². The Bertz CT molecular complexity index is 981. The van der Waals surface area contributed by atoms with Crippen LogP contribution in [0.4, 0.5) is 0 Å². The minimum absolute atomic E-state index is 0. The summed E-state index contributed by atoms with van der Waals surface area (Å²) in [5, 5.41) is 0. The largest absolute Gasteiger partial charge is 1.00 e. The van der Waals surface area contributed by atoms with Crippen LogP contribution in [0.3, 0.4) is 0 Å². The Balaban J connectivity index is 0.00000169. The predicted octanol–water partition coefficient (Wildman–Crippen LogP) is 1.40. The van der Waals surface area contributed by atoms with E-state index in [1.165, 1.54) is 11.1 Å². The number of rotatable bonds is 2. The summed E-state index contributed by atoms with van der Waals surface area (Å²) in [6, 6.07) is 27.2. The van der Waals surface area contributed by atoms with Crippen molar-refractivity contribution in [2.75, 3.05) is 0 Å². The van der Waals surface area contributed by atoms with Crippen molar-refractivity contribution in [2.45, 2.75) is 0 Å². The number of aryl methyl sites for hydroxylation is 1. The van der Waals surface area contributed by atoms with Crippen LogP contribution in [-0.4, -0.2) is 4.98 Å². The molecule has 0 saturated heterocycles. The van der Waals surface area contributed by atoms with Crippen LogP contribution >= 0.6 is 0 Å². The summed E-state index contributed by atoms with van der Waals surface area (Å²) in [5.74, 6) is 0. The minimum Gasteiger partial charge on any atom is -1.00 e. The van der Waals surface area contributed by atoms with Crippen LogP contribution in [0.25, 0.3) is 33.4 Å². The number of nitrogens with zero attached hydrogens (tertiary/aromatic N) is 2. The molecule has 0 unspecified atom stereocenters. The Morgan fingerprint density at radius 2 is 1.38 bits per heavy atom. The molecule has 0 atom stereocenters. The lowest BCUT2D eigenvalue weighted by molar-refractivity contribution is -0.644. The van der Waals surface area contributed by atoms with Gasteiger partial charge in [-0.3, -0.25) is 0 Å². The second kappa shape index (κ2) is 7.09. The predicted molar refractivity (Wildman–Crippen MR) is 93.8 cm³/mol. The third-order valence-corrected chi connectivity index (χ3v) is 4.08. The highest BCUT2D eigenvalue weighted by atomic mass is 127. The Hall–Kier alpha value is -2.27. The molecule has 0 spiro atoms. The quantitative estimate of drug-likeness (QED) is 0.351. The van der Waals surface area contributed by atoms with Crippen LogP contribution < -0.4 is 28.5 Å². The van der Waals surface area contributed by atoms with Crippen molar-refractivity contribution in [2.24, 2.45) is 7.05 Å². The molecule has 0 aliphatic rings. The Morgan fingerprint density at radius 3 is 2.21 bits per heavy atom. The molecular weight excluding hydrogens is 407 g/mol. The topological polar surface area (TPSA) is 16.8 Å². The average molecular weight is 424 g/mol. The number of aromatic nitrogens is 2. The van der Waals surface area contributed by atoms with Gasteiger partial charge in [0.25, 0.3) is 0 Å². The Morgan fingerprint density at radius 1 is 0.708 bits per heavy atom.